The van der Waals surface area contributed by atoms with Crippen LogP contribution in [0.4, 0.5) is 15.8 Å². The molecule has 2 aliphatic rings. The van der Waals surface area contributed by atoms with Gasteiger partial charge in [-0.25, -0.2) is 12.8 Å². The number of hydrogen-bond acceptors (Lipinski definition) is 6. The molecule has 6 rings (SSSR count). The van der Waals surface area contributed by atoms with E-state index in [0.29, 0.717) is 24.3 Å². The molecule has 0 spiro atoms. The van der Waals surface area contributed by atoms with Gasteiger partial charge in [-0.3, -0.25) is 0 Å². The third kappa shape index (κ3) is 4.15. The van der Waals surface area contributed by atoms with Gasteiger partial charge in [0.1, 0.15) is 5.82 Å². The number of anilines is 2. The van der Waals surface area contributed by atoms with E-state index in [9.17, 15) is 12.8 Å². The fourth-order valence-corrected chi connectivity index (χ4v) is 7.64. The number of nitrogens with one attached hydrogen (secondary N) is 2. The van der Waals surface area contributed by atoms with Crippen molar-refractivity contribution in [1.29, 1.82) is 5.41 Å². The van der Waals surface area contributed by atoms with Gasteiger partial charge < -0.3 is 10.7 Å². The Labute approximate surface area is 227 Å². The zero-order chi connectivity index (χ0) is 27.5. The van der Waals surface area contributed by atoms with E-state index in [-0.39, 0.29) is 22.7 Å². The summed E-state index contributed by atoms with van der Waals surface area (Å²) in [5, 5.41) is 19.4. The molecule has 1 aliphatic heterocycles. The van der Waals surface area contributed by atoms with Gasteiger partial charge in [-0.2, -0.15) is 14.2 Å². The zero-order valence-electron chi connectivity index (χ0n) is 21.9. The van der Waals surface area contributed by atoms with Gasteiger partial charge in [-0.05, 0) is 72.9 Å². The first-order valence-corrected chi connectivity index (χ1v) is 14.2. The number of sulfonamides is 1. The topological polar surface area (TPSA) is 104 Å². The average Bonchev–Trinajstić information content (AvgIpc) is 3.20. The van der Waals surface area contributed by atoms with Crippen molar-refractivity contribution in [2.75, 3.05) is 18.4 Å². The molecule has 0 unspecified atom stereocenters. The normalized spacial score (nSPS) is 22.5. The standard InChI is InChI=1S/C29H29FN6O2S/c1-18-4-6-20(7-5-18)28-25-16-36(39(37,38)27-15-32-35(3)34-27)17-29(25,28)24-13-21(14-31)26(12-19(24)2)33-23-10-8-22(30)9-11-23/h4-15,25,28,31,33H,16-17H2,1-3H3/t25-,28+,29+/m0/s1. The lowest BCUT2D eigenvalue weighted by atomic mass is 9.86. The van der Waals surface area contributed by atoms with Crippen LogP contribution in [0.15, 0.2) is 71.9 Å². The van der Waals surface area contributed by atoms with E-state index in [2.05, 4.69) is 46.7 Å². The lowest BCUT2D eigenvalue weighted by molar-refractivity contribution is 0.418. The minimum absolute atomic E-state index is 0.0518. The highest BCUT2D eigenvalue weighted by atomic mass is 32.2. The molecule has 0 amide bonds. The van der Waals surface area contributed by atoms with Crippen LogP contribution < -0.4 is 5.32 Å². The van der Waals surface area contributed by atoms with Gasteiger partial charge in [0, 0.05) is 54.6 Å². The summed E-state index contributed by atoms with van der Waals surface area (Å²) in [6.45, 7) is 4.77. The first kappa shape index (κ1) is 25.4. The maximum Gasteiger partial charge on any atom is 0.264 e. The minimum atomic E-state index is -3.81. The molecule has 1 aliphatic carbocycles. The van der Waals surface area contributed by atoms with Crippen molar-refractivity contribution in [2.24, 2.45) is 13.0 Å². The van der Waals surface area contributed by atoms with Crippen molar-refractivity contribution in [1.82, 2.24) is 19.3 Å². The van der Waals surface area contributed by atoms with Crippen LogP contribution in [-0.2, 0) is 22.5 Å². The Balaban J connectivity index is 1.41. The highest BCUT2D eigenvalue weighted by Crippen LogP contribution is 2.70. The molecule has 2 fully saturated rings. The number of nitrogens with zero attached hydrogens (tertiary/aromatic N) is 4. The third-order valence-corrected chi connectivity index (χ3v) is 9.82. The van der Waals surface area contributed by atoms with Crippen LogP contribution in [0.1, 0.15) is 33.7 Å². The van der Waals surface area contributed by atoms with Crippen molar-refractivity contribution in [3.05, 3.63) is 100 Å². The summed E-state index contributed by atoms with van der Waals surface area (Å²) >= 11 is 0. The summed E-state index contributed by atoms with van der Waals surface area (Å²) in [6.07, 6.45) is 2.59. The van der Waals surface area contributed by atoms with Gasteiger partial charge in [0.15, 0.2) is 0 Å². The number of fused-ring (bicyclic) bond motifs is 1. The van der Waals surface area contributed by atoms with Crippen LogP contribution in [0.5, 0.6) is 0 Å². The van der Waals surface area contributed by atoms with E-state index < -0.39 is 15.4 Å². The quantitative estimate of drug-likeness (QED) is 0.329. The van der Waals surface area contributed by atoms with Crippen molar-refractivity contribution in [3.8, 4) is 0 Å². The van der Waals surface area contributed by atoms with Gasteiger partial charge in [-0.15, -0.1) is 5.10 Å². The van der Waals surface area contributed by atoms with Crippen LogP contribution in [-0.4, -0.2) is 47.0 Å². The maximum absolute atomic E-state index is 13.5. The molecule has 10 heteroatoms. The Morgan fingerprint density at radius 2 is 1.82 bits per heavy atom. The molecule has 8 nitrogen and oxygen atoms in total. The molecule has 3 atom stereocenters. The van der Waals surface area contributed by atoms with Crippen LogP contribution in [0.3, 0.4) is 0 Å². The van der Waals surface area contributed by atoms with Crippen LogP contribution in [0, 0.1) is 31.0 Å². The van der Waals surface area contributed by atoms with Crippen LogP contribution in [0.2, 0.25) is 0 Å². The lowest BCUT2D eigenvalue weighted by Gasteiger charge is -2.25. The first-order chi connectivity index (χ1) is 18.6. The first-order valence-electron chi connectivity index (χ1n) is 12.7. The van der Waals surface area contributed by atoms with Gasteiger partial charge in [0.25, 0.3) is 10.0 Å². The molecule has 2 N–H and O–H groups in total. The number of aromatic nitrogens is 3. The third-order valence-electron chi connectivity index (χ3n) is 8.14. The second-order valence-electron chi connectivity index (χ2n) is 10.5. The summed E-state index contributed by atoms with van der Waals surface area (Å²) in [5.74, 6) is -0.0814. The Bertz CT molecular complexity index is 1680. The van der Waals surface area contributed by atoms with E-state index in [4.69, 9.17) is 5.41 Å². The number of piperidine rings is 1. The highest BCUT2D eigenvalue weighted by molar-refractivity contribution is 7.89. The lowest BCUT2D eigenvalue weighted by Crippen LogP contribution is -2.35. The fraction of sp³-hybridized carbons (Fsp3) is 0.276. The smallest absolute Gasteiger partial charge is 0.264 e. The van der Waals surface area contributed by atoms with E-state index in [1.54, 1.807) is 19.2 Å². The maximum atomic E-state index is 13.5. The molecule has 2 heterocycles. The summed E-state index contributed by atoms with van der Waals surface area (Å²) in [5.41, 5.74) is 6.10. The van der Waals surface area contributed by atoms with E-state index in [0.717, 1.165) is 16.8 Å². The Hall–Kier alpha value is -3.89. The number of halogens is 1. The van der Waals surface area contributed by atoms with Crippen molar-refractivity contribution < 1.29 is 12.8 Å². The molecular weight excluding hydrogens is 515 g/mol. The predicted octanol–water partition coefficient (Wildman–Crippen LogP) is 4.67. The predicted molar refractivity (Wildman–Crippen MR) is 148 cm³/mol. The number of hydrogen-bond donors (Lipinski definition) is 2. The minimum Gasteiger partial charge on any atom is -0.355 e. The van der Waals surface area contributed by atoms with Gasteiger partial charge in [0.2, 0.25) is 5.03 Å². The summed E-state index contributed by atoms with van der Waals surface area (Å²) in [6, 6.07) is 18.5. The zero-order valence-corrected chi connectivity index (χ0v) is 22.7. The number of aryl methyl sites for hydroxylation is 3. The molecule has 0 bridgehead atoms. The van der Waals surface area contributed by atoms with Crippen molar-refractivity contribution in [3.63, 3.8) is 0 Å². The fourth-order valence-electron chi connectivity index (χ4n) is 6.24. The van der Waals surface area contributed by atoms with E-state index in [1.165, 1.54) is 44.8 Å². The van der Waals surface area contributed by atoms with Gasteiger partial charge >= 0.3 is 0 Å². The monoisotopic (exact) mass is 544 g/mol. The molecular formula is C29H29FN6O2S. The molecule has 1 saturated carbocycles. The van der Waals surface area contributed by atoms with Gasteiger partial charge in [-0.1, -0.05) is 29.8 Å². The average molecular weight is 545 g/mol. The second-order valence-corrected chi connectivity index (χ2v) is 12.4. The van der Waals surface area contributed by atoms with E-state index >= 15 is 0 Å². The Morgan fingerprint density at radius 1 is 1.10 bits per heavy atom. The van der Waals surface area contributed by atoms with Crippen molar-refractivity contribution >= 4 is 27.6 Å². The molecule has 0 radical (unpaired) electrons. The Kier molecular flexibility index (Phi) is 5.92. The SMILES string of the molecule is Cc1ccc([C@@H]2[C@@H]3CN(S(=O)(=O)c4cnn(C)n4)C[C@]23c2cc(C=N)c(Nc3ccc(F)cc3)cc2C)cc1. The summed E-state index contributed by atoms with van der Waals surface area (Å²) in [7, 11) is -2.21. The van der Waals surface area contributed by atoms with E-state index in [1.807, 2.05) is 19.1 Å². The molecule has 39 heavy (non-hydrogen) atoms. The molecule has 3 aromatic carbocycles. The van der Waals surface area contributed by atoms with Gasteiger partial charge in [0.05, 0.1) is 6.20 Å². The number of benzene rings is 3. The summed E-state index contributed by atoms with van der Waals surface area (Å²) in [4.78, 5) is 1.25. The summed E-state index contributed by atoms with van der Waals surface area (Å²) < 4.78 is 41.9. The Morgan fingerprint density at radius 3 is 2.46 bits per heavy atom. The largest absolute Gasteiger partial charge is 0.355 e. The molecule has 1 aromatic heterocycles. The number of rotatable bonds is 7. The molecule has 200 valence electrons. The molecule has 4 aromatic rings. The van der Waals surface area contributed by atoms with Crippen LogP contribution >= 0.6 is 0 Å². The highest BCUT2D eigenvalue weighted by Gasteiger charge is 2.71. The second kappa shape index (κ2) is 9.10. The van der Waals surface area contributed by atoms with Crippen LogP contribution in [0.25, 0.3) is 0 Å². The van der Waals surface area contributed by atoms with Crippen molar-refractivity contribution in [2.45, 2.75) is 30.2 Å². The molecule has 1 saturated heterocycles.